The average Bonchev–Trinajstić information content (AvgIpc) is 3.32. The predicted octanol–water partition coefficient (Wildman–Crippen LogP) is 3.27. The minimum atomic E-state index is -0.434. The molecule has 1 aliphatic carbocycles. The molecule has 0 radical (unpaired) electrons. The lowest BCUT2D eigenvalue weighted by Crippen LogP contribution is -2.34. The van der Waals surface area contributed by atoms with Crippen molar-refractivity contribution in [1.29, 1.82) is 0 Å². The molecule has 0 saturated heterocycles. The Hall–Kier alpha value is -2.50. The monoisotopic (exact) mass is 358 g/mol. The molecule has 1 fully saturated rings. The molecule has 6 nitrogen and oxygen atoms in total. The van der Waals surface area contributed by atoms with Crippen LogP contribution in [0, 0.1) is 0 Å². The Bertz CT molecular complexity index is 762. The number of hydrogen-bond donors (Lipinski definition) is 2. The Labute approximate surface area is 153 Å². The average molecular weight is 358 g/mol. The van der Waals surface area contributed by atoms with Crippen LogP contribution in [-0.4, -0.2) is 36.6 Å². The molecule has 1 amide bonds. The van der Waals surface area contributed by atoms with E-state index in [1.54, 1.807) is 0 Å². The molecule has 1 heterocycles. The molecule has 1 aromatic heterocycles. The molecular weight excluding hydrogens is 332 g/mol. The van der Waals surface area contributed by atoms with E-state index in [9.17, 15) is 9.59 Å². The summed E-state index contributed by atoms with van der Waals surface area (Å²) >= 11 is 0. The normalized spacial score (nSPS) is 14.5. The maximum atomic E-state index is 12.0. The first kappa shape index (κ1) is 18.3. The largest absolute Gasteiger partial charge is 0.483 e. The zero-order valence-electron chi connectivity index (χ0n) is 15.2. The van der Waals surface area contributed by atoms with Gasteiger partial charge in [0, 0.05) is 17.1 Å². The third kappa shape index (κ3) is 4.36. The molecule has 3 rings (SSSR count). The molecule has 0 spiro atoms. The second-order valence-corrected chi connectivity index (χ2v) is 6.69. The fourth-order valence-electron chi connectivity index (χ4n) is 3.49. The van der Waals surface area contributed by atoms with E-state index in [2.05, 4.69) is 16.5 Å². The van der Waals surface area contributed by atoms with Crippen molar-refractivity contribution in [2.45, 2.75) is 44.9 Å². The first-order chi connectivity index (χ1) is 12.7. The van der Waals surface area contributed by atoms with Crippen LogP contribution in [0.25, 0.3) is 10.9 Å². The van der Waals surface area contributed by atoms with Crippen LogP contribution in [0.2, 0.25) is 0 Å². The highest BCUT2D eigenvalue weighted by atomic mass is 16.5. The van der Waals surface area contributed by atoms with Crippen molar-refractivity contribution in [1.82, 2.24) is 10.3 Å². The molecule has 1 aliphatic rings. The molecule has 0 atom stereocenters. The van der Waals surface area contributed by atoms with Gasteiger partial charge in [-0.25, -0.2) is 0 Å². The lowest BCUT2D eigenvalue weighted by Gasteiger charge is -2.12. The second kappa shape index (κ2) is 8.74. The predicted molar refractivity (Wildman–Crippen MR) is 99.3 cm³/mol. The van der Waals surface area contributed by atoms with E-state index < -0.39 is 5.97 Å². The first-order valence-electron chi connectivity index (χ1n) is 9.34. The van der Waals surface area contributed by atoms with Crippen LogP contribution >= 0.6 is 0 Å². The van der Waals surface area contributed by atoms with Crippen molar-refractivity contribution in [2.75, 3.05) is 19.8 Å². The number of H-pyrrole nitrogens is 1. The Kier molecular flexibility index (Phi) is 6.15. The van der Waals surface area contributed by atoms with E-state index in [-0.39, 0.29) is 19.1 Å². The number of nitrogens with one attached hydrogen (secondary N) is 2. The van der Waals surface area contributed by atoms with Crippen molar-refractivity contribution < 1.29 is 19.1 Å². The van der Waals surface area contributed by atoms with Crippen LogP contribution in [-0.2, 0) is 14.3 Å². The number of esters is 1. The molecule has 26 heavy (non-hydrogen) atoms. The van der Waals surface area contributed by atoms with Crippen molar-refractivity contribution in [3.05, 3.63) is 30.0 Å². The Balaban J connectivity index is 1.61. The lowest BCUT2D eigenvalue weighted by atomic mass is 9.97. The second-order valence-electron chi connectivity index (χ2n) is 6.69. The summed E-state index contributed by atoms with van der Waals surface area (Å²) in [7, 11) is 0. The minimum absolute atomic E-state index is 0.130. The highest BCUT2D eigenvalue weighted by molar-refractivity contribution is 5.90. The molecule has 2 N–H and O–H groups in total. The van der Waals surface area contributed by atoms with Gasteiger partial charge in [-0.15, -0.1) is 0 Å². The van der Waals surface area contributed by atoms with Gasteiger partial charge in [0.1, 0.15) is 12.3 Å². The first-order valence-corrected chi connectivity index (χ1v) is 9.34. The summed E-state index contributed by atoms with van der Waals surface area (Å²) in [6.45, 7) is 2.02. The number of aromatic nitrogens is 1. The van der Waals surface area contributed by atoms with Gasteiger partial charge >= 0.3 is 5.97 Å². The Morgan fingerprint density at radius 3 is 2.85 bits per heavy atom. The molecular formula is C20H26N2O4. The summed E-state index contributed by atoms with van der Waals surface area (Å²) in [6, 6.07) is 5.81. The van der Waals surface area contributed by atoms with Gasteiger partial charge in [0.2, 0.25) is 0 Å². The van der Waals surface area contributed by atoms with Crippen molar-refractivity contribution in [3.63, 3.8) is 0 Å². The number of fused-ring (bicyclic) bond motifs is 1. The number of benzene rings is 1. The van der Waals surface area contributed by atoms with Gasteiger partial charge in [0.15, 0.2) is 6.61 Å². The summed E-state index contributed by atoms with van der Waals surface area (Å²) in [4.78, 5) is 26.7. The van der Waals surface area contributed by atoms with Crippen LogP contribution < -0.4 is 10.1 Å². The topological polar surface area (TPSA) is 80.4 Å². The molecule has 0 bridgehead atoms. The van der Waals surface area contributed by atoms with Crippen LogP contribution in [0.5, 0.6) is 5.75 Å². The summed E-state index contributed by atoms with van der Waals surface area (Å²) in [5, 5.41) is 3.59. The molecule has 0 unspecified atom stereocenters. The smallest absolute Gasteiger partial charge is 0.325 e. The van der Waals surface area contributed by atoms with E-state index in [0.29, 0.717) is 18.3 Å². The number of rotatable bonds is 8. The zero-order chi connectivity index (χ0) is 18.4. The van der Waals surface area contributed by atoms with Crippen molar-refractivity contribution in [2.24, 2.45) is 0 Å². The van der Waals surface area contributed by atoms with Crippen LogP contribution in [0.4, 0.5) is 0 Å². The summed E-state index contributed by atoms with van der Waals surface area (Å²) in [6.07, 6.45) is 7.74. The minimum Gasteiger partial charge on any atom is -0.483 e. The number of carbonyl (C=O) groups excluding carboxylic acids is 2. The molecule has 1 saturated carbocycles. The van der Waals surface area contributed by atoms with Crippen molar-refractivity contribution >= 4 is 22.8 Å². The maximum absolute atomic E-state index is 12.0. The van der Waals surface area contributed by atoms with E-state index in [1.165, 1.54) is 31.2 Å². The van der Waals surface area contributed by atoms with E-state index in [1.807, 2.05) is 25.1 Å². The van der Waals surface area contributed by atoms with Gasteiger partial charge in [-0.3, -0.25) is 9.59 Å². The van der Waals surface area contributed by atoms with Gasteiger partial charge in [0.05, 0.1) is 6.61 Å². The summed E-state index contributed by atoms with van der Waals surface area (Å²) in [5.74, 6) is 0.481. The lowest BCUT2D eigenvalue weighted by molar-refractivity contribution is -0.144. The summed E-state index contributed by atoms with van der Waals surface area (Å²) in [5.41, 5.74) is 2.30. The van der Waals surface area contributed by atoms with Crippen molar-refractivity contribution in [3.8, 4) is 5.75 Å². The fourth-order valence-corrected chi connectivity index (χ4v) is 3.49. The van der Waals surface area contributed by atoms with Gasteiger partial charge < -0.3 is 19.8 Å². The molecule has 2 aromatic rings. The highest BCUT2D eigenvalue weighted by Gasteiger charge is 2.22. The molecule has 1 aromatic carbocycles. The third-order valence-electron chi connectivity index (χ3n) is 4.75. The zero-order valence-corrected chi connectivity index (χ0v) is 15.2. The molecule has 140 valence electrons. The highest BCUT2D eigenvalue weighted by Crippen LogP contribution is 2.40. The van der Waals surface area contributed by atoms with E-state index >= 15 is 0 Å². The number of ether oxygens (including phenoxy) is 2. The SMILES string of the molecule is CCCOC(=O)CNC(=O)COc1cccc2[nH]cc(C3CCCC3)c12. The van der Waals surface area contributed by atoms with Crippen LogP contribution in [0.3, 0.4) is 0 Å². The van der Waals surface area contributed by atoms with Gasteiger partial charge in [-0.05, 0) is 42.9 Å². The standard InChI is InChI=1S/C20H26N2O4/c1-2-10-25-19(24)12-22-18(23)13-26-17-9-5-8-16-20(17)15(11-21-16)14-6-3-4-7-14/h5,8-9,11,14,21H,2-4,6-7,10,12-13H2,1H3,(H,22,23). The van der Waals surface area contributed by atoms with Gasteiger partial charge in [0.25, 0.3) is 5.91 Å². The van der Waals surface area contributed by atoms with Gasteiger partial charge in [-0.1, -0.05) is 25.8 Å². The maximum Gasteiger partial charge on any atom is 0.325 e. The van der Waals surface area contributed by atoms with Crippen LogP contribution in [0.1, 0.15) is 50.5 Å². The number of aromatic amines is 1. The quantitative estimate of drug-likeness (QED) is 0.710. The molecule has 0 aliphatic heterocycles. The Morgan fingerprint density at radius 1 is 1.27 bits per heavy atom. The van der Waals surface area contributed by atoms with E-state index in [0.717, 1.165) is 17.3 Å². The third-order valence-corrected chi connectivity index (χ3v) is 4.75. The van der Waals surface area contributed by atoms with E-state index in [4.69, 9.17) is 9.47 Å². The number of carbonyl (C=O) groups is 2. The molecule has 6 heteroatoms. The number of amides is 1. The van der Waals surface area contributed by atoms with Crippen LogP contribution in [0.15, 0.2) is 24.4 Å². The summed E-state index contributed by atoms with van der Waals surface area (Å²) < 4.78 is 10.7. The Morgan fingerprint density at radius 2 is 2.08 bits per heavy atom. The number of hydrogen-bond acceptors (Lipinski definition) is 4. The fraction of sp³-hybridized carbons (Fsp3) is 0.500. The van der Waals surface area contributed by atoms with Gasteiger partial charge in [-0.2, -0.15) is 0 Å².